The molecule has 0 bridgehead atoms. The highest BCUT2D eigenvalue weighted by Gasteiger charge is 2.48. The molecule has 0 radical (unpaired) electrons. The fourth-order valence-corrected chi connectivity index (χ4v) is 5.23. The van der Waals surface area contributed by atoms with E-state index in [1.165, 1.54) is 6.07 Å². The number of hydrogen-bond acceptors (Lipinski definition) is 3. The van der Waals surface area contributed by atoms with Crippen molar-refractivity contribution < 1.29 is 13.2 Å². The van der Waals surface area contributed by atoms with Crippen LogP contribution in [0.15, 0.2) is 28.1 Å². The van der Waals surface area contributed by atoms with E-state index in [1.54, 1.807) is 26.0 Å². The molecule has 0 atom stereocenters. The molecule has 2 rings (SSSR count). The number of rotatable bonds is 1. The minimum absolute atomic E-state index is 0.157. The van der Waals surface area contributed by atoms with E-state index >= 15 is 0 Å². The Morgan fingerprint density at radius 3 is 2.32 bits per heavy atom. The normalized spacial score (nSPS) is 20.7. The van der Waals surface area contributed by atoms with Crippen molar-refractivity contribution in [2.75, 3.05) is 0 Å². The summed E-state index contributed by atoms with van der Waals surface area (Å²) in [6.45, 7) is 7.41. The summed E-state index contributed by atoms with van der Waals surface area (Å²) in [5, 5.41) is 0. The molecule has 1 aromatic rings. The number of nitrogens with two attached hydrogens (primary N) is 2. The Balaban J connectivity index is 2.71. The average molecular weight is 323 g/mol. The van der Waals surface area contributed by atoms with E-state index in [1.807, 2.05) is 13.8 Å². The van der Waals surface area contributed by atoms with Crippen LogP contribution in [0.4, 0.5) is 0 Å². The summed E-state index contributed by atoms with van der Waals surface area (Å²) in [5.41, 5.74) is 11.0. The van der Waals surface area contributed by atoms with Crippen LogP contribution in [-0.2, 0) is 15.3 Å². The van der Waals surface area contributed by atoms with Gasteiger partial charge in [0.05, 0.1) is 9.64 Å². The number of hydrogen-bond donors (Lipinski definition) is 2. The predicted molar refractivity (Wildman–Crippen MR) is 85.5 cm³/mol. The lowest BCUT2D eigenvalue weighted by atomic mass is 9.77. The Morgan fingerprint density at radius 2 is 1.77 bits per heavy atom. The maximum absolute atomic E-state index is 12.8. The first-order chi connectivity index (χ1) is 9.88. The van der Waals surface area contributed by atoms with Gasteiger partial charge in [0.2, 0.25) is 0 Å². The summed E-state index contributed by atoms with van der Waals surface area (Å²) < 4.78 is 24.7. The summed E-state index contributed by atoms with van der Waals surface area (Å²) in [5.74, 6) is -1.01. The van der Waals surface area contributed by atoms with E-state index in [0.717, 1.165) is 0 Å². The lowest BCUT2D eigenvalue weighted by Crippen LogP contribution is -2.44. The average Bonchev–Trinajstić information content (AvgIpc) is 2.34. The van der Waals surface area contributed by atoms with Crippen molar-refractivity contribution in [2.24, 2.45) is 16.5 Å². The molecular formula is C15H21N3O3S. The fraction of sp³-hybridized carbons (Fsp3) is 0.467. The molecule has 6 nitrogen and oxygen atoms in total. The first-order valence-electron chi connectivity index (χ1n) is 6.92. The second kappa shape index (κ2) is 4.81. The minimum atomic E-state index is -3.54. The van der Waals surface area contributed by atoms with E-state index < -0.39 is 20.5 Å². The zero-order chi connectivity index (χ0) is 16.9. The van der Waals surface area contributed by atoms with Gasteiger partial charge in [0.1, 0.15) is 0 Å². The summed E-state index contributed by atoms with van der Waals surface area (Å²) >= 11 is 0. The number of benzene rings is 1. The minimum Gasteiger partial charge on any atom is -0.370 e. The molecule has 1 aromatic carbocycles. The molecule has 0 unspecified atom stereocenters. The molecule has 0 aromatic heterocycles. The van der Waals surface area contributed by atoms with Gasteiger partial charge in [-0.05, 0) is 43.4 Å². The first-order valence-corrected chi connectivity index (χ1v) is 8.40. The third kappa shape index (κ3) is 2.49. The number of fused-ring (bicyclic) bond motifs is 1. The fourth-order valence-electron chi connectivity index (χ4n) is 3.17. The second-order valence-corrected chi connectivity index (χ2v) is 9.43. The lowest BCUT2D eigenvalue weighted by molar-refractivity contribution is 0.100. The maximum Gasteiger partial charge on any atom is 0.280 e. The summed E-state index contributed by atoms with van der Waals surface area (Å²) in [7, 11) is -3.54. The van der Waals surface area contributed by atoms with Gasteiger partial charge in [-0.15, -0.1) is 0 Å². The van der Waals surface area contributed by atoms with Gasteiger partial charge in [-0.25, -0.2) is 8.42 Å². The molecule has 0 saturated carbocycles. The maximum atomic E-state index is 12.8. The highest BCUT2D eigenvalue weighted by atomic mass is 32.2. The standard InChI is InChI=1S/C15H21N3O3S/c1-14(2)8-15(3,4)22(20,21)11-7-9(5-6-10(11)14)12(19)18-13(16)17/h5-7H,8H2,1-4H3,(H4,16,17,18,19). The van der Waals surface area contributed by atoms with Crippen LogP contribution < -0.4 is 11.5 Å². The smallest absolute Gasteiger partial charge is 0.280 e. The summed E-state index contributed by atoms with van der Waals surface area (Å²) in [6.07, 6.45) is 0.510. The molecular weight excluding hydrogens is 302 g/mol. The molecule has 0 saturated heterocycles. The number of carbonyl (C=O) groups is 1. The van der Waals surface area contributed by atoms with Crippen LogP contribution in [0.1, 0.15) is 50.0 Å². The van der Waals surface area contributed by atoms with Crippen molar-refractivity contribution in [3.05, 3.63) is 29.3 Å². The van der Waals surface area contributed by atoms with Gasteiger partial charge in [-0.2, -0.15) is 4.99 Å². The lowest BCUT2D eigenvalue weighted by Gasteiger charge is -2.41. The third-order valence-corrected chi connectivity index (χ3v) is 6.59. The number of nitrogens with zero attached hydrogens (tertiary/aromatic N) is 1. The van der Waals surface area contributed by atoms with Crippen LogP contribution in [0.2, 0.25) is 0 Å². The van der Waals surface area contributed by atoms with Crippen molar-refractivity contribution in [3.8, 4) is 0 Å². The summed E-state index contributed by atoms with van der Waals surface area (Å²) in [4.78, 5) is 15.6. The van der Waals surface area contributed by atoms with E-state index in [9.17, 15) is 13.2 Å². The highest BCUT2D eigenvalue weighted by Crippen LogP contribution is 2.47. The van der Waals surface area contributed by atoms with Crippen LogP contribution in [0.5, 0.6) is 0 Å². The van der Waals surface area contributed by atoms with E-state index in [4.69, 9.17) is 11.5 Å². The Morgan fingerprint density at radius 1 is 1.18 bits per heavy atom. The number of aliphatic imine (C=N–C) groups is 1. The molecule has 7 heteroatoms. The number of amides is 1. The molecule has 1 aliphatic heterocycles. The summed E-state index contributed by atoms with van der Waals surface area (Å²) in [6, 6.07) is 4.61. The molecule has 120 valence electrons. The zero-order valence-corrected chi connectivity index (χ0v) is 14.0. The van der Waals surface area contributed by atoms with E-state index in [0.29, 0.717) is 12.0 Å². The van der Waals surface area contributed by atoms with Gasteiger partial charge in [-0.3, -0.25) is 4.79 Å². The second-order valence-electron chi connectivity index (χ2n) is 6.88. The van der Waals surface area contributed by atoms with Crippen molar-refractivity contribution in [2.45, 2.75) is 49.2 Å². The highest BCUT2D eigenvalue weighted by molar-refractivity contribution is 7.93. The number of sulfone groups is 1. The topological polar surface area (TPSA) is 116 Å². The largest absolute Gasteiger partial charge is 0.370 e. The zero-order valence-electron chi connectivity index (χ0n) is 13.2. The van der Waals surface area contributed by atoms with Crippen molar-refractivity contribution >= 4 is 21.7 Å². The predicted octanol–water partition coefficient (Wildman–Crippen LogP) is 1.33. The molecule has 4 N–H and O–H groups in total. The Kier molecular flexibility index (Phi) is 3.60. The third-order valence-electron chi connectivity index (χ3n) is 4.07. The Bertz CT molecular complexity index is 773. The van der Waals surface area contributed by atoms with Crippen LogP contribution in [0.25, 0.3) is 0 Å². The number of guanidine groups is 1. The van der Waals surface area contributed by atoms with E-state index in [-0.39, 0.29) is 21.8 Å². The molecule has 1 aliphatic rings. The van der Waals surface area contributed by atoms with Gasteiger partial charge in [-0.1, -0.05) is 19.9 Å². The monoisotopic (exact) mass is 323 g/mol. The van der Waals surface area contributed by atoms with E-state index in [2.05, 4.69) is 4.99 Å². The van der Waals surface area contributed by atoms with Crippen LogP contribution in [-0.4, -0.2) is 25.0 Å². The van der Waals surface area contributed by atoms with Gasteiger partial charge in [0.25, 0.3) is 5.91 Å². The van der Waals surface area contributed by atoms with Crippen LogP contribution >= 0.6 is 0 Å². The molecule has 0 spiro atoms. The van der Waals surface area contributed by atoms with Crippen molar-refractivity contribution in [1.29, 1.82) is 0 Å². The molecule has 22 heavy (non-hydrogen) atoms. The molecule has 0 aliphatic carbocycles. The molecule has 1 amide bonds. The Hall–Kier alpha value is -1.89. The van der Waals surface area contributed by atoms with Crippen molar-refractivity contribution in [1.82, 2.24) is 0 Å². The van der Waals surface area contributed by atoms with Crippen molar-refractivity contribution in [3.63, 3.8) is 0 Å². The quantitative estimate of drug-likeness (QED) is 0.597. The number of carbonyl (C=O) groups excluding carboxylic acids is 1. The first kappa shape index (κ1) is 16.5. The molecule has 0 fully saturated rings. The molecule has 1 heterocycles. The van der Waals surface area contributed by atoms with Crippen LogP contribution in [0, 0.1) is 0 Å². The van der Waals surface area contributed by atoms with Gasteiger partial charge in [0, 0.05) is 5.56 Å². The van der Waals surface area contributed by atoms with Gasteiger partial charge in [0.15, 0.2) is 15.8 Å². The SMILES string of the molecule is CC1(C)CC(C)(C)S(=O)(=O)c2cc(C(=O)N=C(N)N)ccc21. The van der Waals surface area contributed by atoms with Crippen LogP contribution in [0.3, 0.4) is 0 Å². The Labute approximate surface area is 130 Å². The van der Waals surface area contributed by atoms with Gasteiger partial charge >= 0.3 is 0 Å². The van der Waals surface area contributed by atoms with Gasteiger partial charge < -0.3 is 11.5 Å².